The van der Waals surface area contributed by atoms with Crippen LogP contribution >= 0.6 is 11.8 Å². The van der Waals surface area contributed by atoms with Crippen LogP contribution in [-0.4, -0.2) is 71.9 Å². The number of aromatic nitrogens is 2. The Morgan fingerprint density at radius 3 is 2.55 bits per heavy atom. The average molecular weight is 468 g/mol. The molecule has 0 aliphatic carbocycles. The summed E-state index contributed by atoms with van der Waals surface area (Å²) in [5, 5.41) is 7.14. The van der Waals surface area contributed by atoms with E-state index in [0.717, 1.165) is 54.6 Å². The zero-order valence-corrected chi connectivity index (χ0v) is 19.8. The van der Waals surface area contributed by atoms with Crippen LogP contribution in [0.4, 0.5) is 5.69 Å². The zero-order chi connectivity index (χ0) is 23.0. The van der Waals surface area contributed by atoms with Gasteiger partial charge < -0.3 is 19.5 Å². The van der Waals surface area contributed by atoms with Gasteiger partial charge in [-0.05, 0) is 42.7 Å². The zero-order valence-electron chi connectivity index (χ0n) is 19.0. The van der Waals surface area contributed by atoms with Crippen LogP contribution in [0.15, 0.2) is 57.9 Å². The second-order valence-electron chi connectivity index (χ2n) is 7.86. The number of carbonyl (C=O) groups is 1. The molecular formula is C24H29N5O3S. The summed E-state index contributed by atoms with van der Waals surface area (Å²) in [4.78, 5) is 22.6. The molecule has 1 fully saturated rings. The van der Waals surface area contributed by atoms with Crippen LogP contribution in [-0.2, 0) is 11.3 Å². The van der Waals surface area contributed by atoms with Crippen molar-refractivity contribution in [1.29, 1.82) is 0 Å². The van der Waals surface area contributed by atoms with Gasteiger partial charge >= 0.3 is 0 Å². The summed E-state index contributed by atoms with van der Waals surface area (Å²) in [5.41, 5.74) is 1.78. The third-order valence-corrected chi connectivity index (χ3v) is 6.47. The normalized spacial score (nSPS) is 14.8. The maximum Gasteiger partial charge on any atom is 0.241 e. The number of amides is 1. The van der Waals surface area contributed by atoms with E-state index in [-0.39, 0.29) is 5.91 Å². The highest BCUT2D eigenvalue weighted by Crippen LogP contribution is 2.24. The van der Waals surface area contributed by atoms with Crippen molar-refractivity contribution < 1.29 is 14.1 Å². The van der Waals surface area contributed by atoms with Crippen LogP contribution in [0.3, 0.4) is 0 Å². The molecule has 1 amide bonds. The minimum absolute atomic E-state index is 0.0517. The number of para-hydroxylation sites is 1. The highest BCUT2D eigenvalue weighted by Gasteiger charge is 2.20. The molecule has 1 N–H and O–H groups in total. The Morgan fingerprint density at radius 2 is 1.82 bits per heavy atom. The lowest BCUT2D eigenvalue weighted by molar-refractivity contribution is -0.116. The monoisotopic (exact) mass is 467 g/mol. The van der Waals surface area contributed by atoms with Gasteiger partial charge in [-0.15, -0.1) is 11.8 Å². The minimum atomic E-state index is 0.0517. The summed E-state index contributed by atoms with van der Waals surface area (Å²) in [6.07, 6.45) is 2.50. The molecule has 174 valence electrons. The van der Waals surface area contributed by atoms with E-state index in [4.69, 9.17) is 9.26 Å². The molecule has 1 aliphatic heterocycles. The predicted octanol–water partition coefficient (Wildman–Crippen LogP) is 3.61. The smallest absolute Gasteiger partial charge is 0.241 e. The summed E-state index contributed by atoms with van der Waals surface area (Å²) in [5.74, 6) is 2.04. The van der Waals surface area contributed by atoms with Crippen molar-refractivity contribution in [2.75, 3.05) is 51.4 Å². The van der Waals surface area contributed by atoms with Crippen molar-refractivity contribution in [2.24, 2.45) is 0 Å². The van der Waals surface area contributed by atoms with E-state index in [9.17, 15) is 4.79 Å². The van der Waals surface area contributed by atoms with Crippen molar-refractivity contribution in [2.45, 2.75) is 17.9 Å². The number of hydrogen-bond acceptors (Lipinski definition) is 8. The molecule has 0 spiro atoms. The topological polar surface area (TPSA) is 83.7 Å². The molecule has 0 atom stereocenters. The van der Waals surface area contributed by atoms with E-state index in [0.29, 0.717) is 24.7 Å². The Balaban J connectivity index is 1.20. The maximum absolute atomic E-state index is 12.4. The summed E-state index contributed by atoms with van der Waals surface area (Å²) >= 11 is 1.63. The van der Waals surface area contributed by atoms with Crippen molar-refractivity contribution in [3.63, 3.8) is 0 Å². The number of piperazine rings is 1. The van der Waals surface area contributed by atoms with Crippen LogP contribution in [0.5, 0.6) is 5.75 Å². The van der Waals surface area contributed by atoms with Gasteiger partial charge in [0.15, 0.2) is 0 Å². The van der Waals surface area contributed by atoms with Gasteiger partial charge in [0.05, 0.1) is 19.3 Å². The fourth-order valence-corrected chi connectivity index (χ4v) is 4.31. The number of hydrogen-bond donors (Lipinski definition) is 1. The molecule has 9 heteroatoms. The molecule has 4 rings (SSSR count). The molecule has 0 saturated carbocycles. The van der Waals surface area contributed by atoms with E-state index in [1.807, 2.05) is 54.8 Å². The maximum atomic E-state index is 12.4. The van der Waals surface area contributed by atoms with Crippen LogP contribution < -0.4 is 10.1 Å². The van der Waals surface area contributed by atoms with Gasteiger partial charge in [0.1, 0.15) is 5.75 Å². The molecule has 1 saturated heterocycles. The van der Waals surface area contributed by atoms with Gasteiger partial charge in [0, 0.05) is 49.6 Å². The number of ether oxygens (including phenoxy) is 1. The molecule has 33 heavy (non-hydrogen) atoms. The lowest BCUT2D eigenvalue weighted by Gasteiger charge is -2.33. The second kappa shape index (κ2) is 11.3. The first kappa shape index (κ1) is 23.3. The second-order valence-corrected chi connectivity index (χ2v) is 8.70. The van der Waals surface area contributed by atoms with E-state index in [2.05, 4.69) is 25.3 Å². The Hall–Kier alpha value is -2.88. The number of methoxy groups -OCH3 is 1. The van der Waals surface area contributed by atoms with Gasteiger partial charge in [-0.25, -0.2) is 0 Å². The summed E-state index contributed by atoms with van der Waals surface area (Å²) < 4.78 is 10.6. The molecule has 2 heterocycles. The van der Waals surface area contributed by atoms with Crippen molar-refractivity contribution in [1.82, 2.24) is 19.9 Å². The predicted molar refractivity (Wildman–Crippen MR) is 129 cm³/mol. The minimum Gasteiger partial charge on any atom is -0.497 e. The van der Waals surface area contributed by atoms with Gasteiger partial charge in [-0.3, -0.25) is 9.69 Å². The van der Waals surface area contributed by atoms with Crippen LogP contribution in [0.2, 0.25) is 0 Å². The third-order valence-electron chi connectivity index (χ3n) is 5.68. The van der Waals surface area contributed by atoms with Crippen LogP contribution in [0, 0.1) is 0 Å². The highest BCUT2D eigenvalue weighted by molar-refractivity contribution is 7.98. The average Bonchev–Trinajstić information content (AvgIpc) is 3.32. The van der Waals surface area contributed by atoms with Crippen molar-refractivity contribution in [3.8, 4) is 17.1 Å². The fourth-order valence-electron chi connectivity index (χ4n) is 3.76. The molecular weight excluding hydrogens is 438 g/mol. The first-order valence-electron chi connectivity index (χ1n) is 11.0. The van der Waals surface area contributed by atoms with Gasteiger partial charge in [0.2, 0.25) is 17.6 Å². The lowest BCUT2D eigenvalue weighted by atomic mass is 10.2. The Morgan fingerprint density at radius 1 is 1.09 bits per heavy atom. The van der Waals surface area contributed by atoms with E-state index in [1.54, 1.807) is 18.9 Å². The Labute approximate surface area is 198 Å². The molecule has 8 nitrogen and oxygen atoms in total. The quantitative estimate of drug-likeness (QED) is 0.478. The number of benzene rings is 2. The van der Waals surface area contributed by atoms with Crippen LogP contribution in [0.25, 0.3) is 11.4 Å². The van der Waals surface area contributed by atoms with E-state index in [1.165, 1.54) is 0 Å². The number of anilines is 1. The van der Waals surface area contributed by atoms with Gasteiger partial charge in [0.25, 0.3) is 0 Å². The molecule has 3 aromatic rings. The summed E-state index contributed by atoms with van der Waals surface area (Å²) in [6.45, 7) is 5.00. The molecule has 0 unspecified atom stereocenters. The fraction of sp³-hybridized carbons (Fsp3) is 0.375. The van der Waals surface area contributed by atoms with Crippen molar-refractivity contribution >= 4 is 23.4 Å². The first-order chi connectivity index (χ1) is 16.1. The largest absolute Gasteiger partial charge is 0.497 e. The summed E-state index contributed by atoms with van der Waals surface area (Å²) in [7, 11) is 1.64. The number of rotatable bonds is 9. The third kappa shape index (κ3) is 6.34. The van der Waals surface area contributed by atoms with E-state index >= 15 is 0 Å². The Kier molecular flexibility index (Phi) is 7.98. The van der Waals surface area contributed by atoms with E-state index < -0.39 is 0 Å². The highest BCUT2D eigenvalue weighted by atomic mass is 32.2. The van der Waals surface area contributed by atoms with Gasteiger partial charge in [-0.2, -0.15) is 4.98 Å². The van der Waals surface area contributed by atoms with Gasteiger partial charge in [-0.1, -0.05) is 17.3 Å². The number of nitrogens with zero attached hydrogens (tertiary/aromatic N) is 4. The molecule has 1 aromatic heterocycles. The first-order valence-corrected chi connectivity index (χ1v) is 12.2. The lowest BCUT2D eigenvalue weighted by Crippen LogP contribution is -2.46. The molecule has 0 bridgehead atoms. The van der Waals surface area contributed by atoms with Crippen molar-refractivity contribution in [3.05, 3.63) is 54.4 Å². The SMILES string of the molecule is COc1ccc(-c2noc(CN3CCN(CCC(=O)Nc4ccccc4SC)CC3)n2)cc1. The summed E-state index contributed by atoms with van der Waals surface area (Å²) in [6, 6.07) is 15.5. The molecule has 1 aliphatic rings. The standard InChI is InChI=1S/C24H29N5O3S/c1-31-19-9-7-18(8-10-19)24-26-23(32-27-24)17-29-15-13-28(14-16-29)12-11-22(30)25-20-5-3-4-6-21(20)33-2/h3-10H,11-17H2,1-2H3,(H,25,30). The Bertz CT molecular complexity index is 1050. The molecule has 2 aromatic carbocycles. The number of nitrogens with one attached hydrogen (secondary N) is 1. The molecule has 0 radical (unpaired) electrons. The van der Waals surface area contributed by atoms with Crippen LogP contribution in [0.1, 0.15) is 12.3 Å². The number of carbonyl (C=O) groups excluding carboxylic acids is 1. The number of thioether (sulfide) groups is 1.